The highest BCUT2D eigenvalue weighted by atomic mass is 79.9. The van der Waals surface area contributed by atoms with Gasteiger partial charge in [0.25, 0.3) is 5.91 Å². The molecule has 1 saturated carbocycles. The molecular weight excluding hydrogens is 304 g/mol. The van der Waals surface area contributed by atoms with Crippen molar-refractivity contribution in [2.75, 3.05) is 6.54 Å². The predicted molar refractivity (Wildman–Crippen MR) is 81.2 cm³/mol. The molecule has 1 aromatic rings. The molecule has 0 aliphatic heterocycles. The summed E-state index contributed by atoms with van der Waals surface area (Å²) in [7, 11) is 1.89. The summed E-state index contributed by atoms with van der Waals surface area (Å²) in [6, 6.07) is 1.86. The highest BCUT2D eigenvalue weighted by molar-refractivity contribution is 9.10. The summed E-state index contributed by atoms with van der Waals surface area (Å²) in [5, 5.41) is 3.03. The third-order valence-electron chi connectivity index (χ3n) is 4.18. The van der Waals surface area contributed by atoms with E-state index in [4.69, 9.17) is 0 Å². The zero-order chi connectivity index (χ0) is 13.8. The van der Waals surface area contributed by atoms with Gasteiger partial charge in [0.15, 0.2) is 0 Å². The molecule has 1 aliphatic carbocycles. The molecule has 3 nitrogen and oxygen atoms in total. The highest BCUT2D eigenvalue weighted by Crippen LogP contribution is 2.29. The Labute approximate surface area is 123 Å². The van der Waals surface area contributed by atoms with Crippen LogP contribution >= 0.6 is 15.9 Å². The Kier molecular flexibility index (Phi) is 5.08. The van der Waals surface area contributed by atoms with E-state index in [1.807, 2.05) is 23.9 Å². The Bertz CT molecular complexity index is 433. The molecule has 1 aromatic heterocycles. The smallest absolute Gasteiger partial charge is 0.267 e. The zero-order valence-electron chi connectivity index (χ0n) is 11.8. The Morgan fingerprint density at radius 3 is 2.68 bits per heavy atom. The van der Waals surface area contributed by atoms with E-state index in [1.54, 1.807) is 0 Å². The van der Waals surface area contributed by atoms with Crippen molar-refractivity contribution in [3.05, 3.63) is 22.4 Å². The second-order valence-corrected chi connectivity index (χ2v) is 6.74. The van der Waals surface area contributed by atoms with Crippen LogP contribution in [-0.2, 0) is 7.05 Å². The average molecular weight is 327 g/mol. The molecule has 1 N–H and O–H groups in total. The lowest BCUT2D eigenvalue weighted by molar-refractivity contribution is 0.0941. The quantitative estimate of drug-likeness (QED) is 0.898. The largest absolute Gasteiger partial charge is 0.351 e. The van der Waals surface area contributed by atoms with E-state index in [1.165, 1.54) is 25.7 Å². The van der Waals surface area contributed by atoms with Crippen LogP contribution in [0, 0.1) is 11.8 Å². The summed E-state index contributed by atoms with van der Waals surface area (Å²) in [6.07, 6.45) is 8.37. The topological polar surface area (TPSA) is 34.0 Å². The normalized spacial score (nSPS) is 23.3. The van der Waals surface area contributed by atoms with Gasteiger partial charge in [-0.1, -0.05) is 32.6 Å². The molecular formula is C15H23BrN2O. The lowest BCUT2D eigenvalue weighted by atomic mass is 9.81. The third kappa shape index (κ3) is 4.10. The standard InChI is InChI=1S/C15H23BrN2O/c1-11-3-5-12(6-4-11)7-8-17-15(19)14-9-13(16)10-18(14)2/h9-12H,3-8H2,1-2H3,(H,17,19). The maximum Gasteiger partial charge on any atom is 0.267 e. The van der Waals surface area contributed by atoms with E-state index < -0.39 is 0 Å². The molecule has 4 heteroatoms. The molecule has 1 heterocycles. The van der Waals surface area contributed by atoms with Gasteiger partial charge in [0.05, 0.1) is 0 Å². The zero-order valence-corrected chi connectivity index (χ0v) is 13.4. The molecule has 106 valence electrons. The van der Waals surface area contributed by atoms with Crippen LogP contribution in [0.25, 0.3) is 0 Å². The SMILES string of the molecule is CC1CCC(CCNC(=O)c2cc(Br)cn2C)CC1. The predicted octanol–water partition coefficient (Wildman–Crippen LogP) is 3.73. The molecule has 0 unspecified atom stereocenters. The summed E-state index contributed by atoms with van der Waals surface area (Å²) in [5.41, 5.74) is 0.712. The van der Waals surface area contributed by atoms with Gasteiger partial charge in [0.2, 0.25) is 0 Å². The number of halogens is 1. The number of hydrogen-bond donors (Lipinski definition) is 1. The molecule has 1 aliphatic rings. The Hall–Kier alpha value is -0.770. The van der Waals surface area contributed by atoms with E-state index in [-0.39, 0.29) is 5.91 Å². The van der Waals surface area contributed by atoms with E-state index >= 15 is 0 Å². The Morgan fingerprint density at radius 1 is 1.42 bits per heavy atom. The van der Waals surface area contributed by atoms with Crippen molar-refractivity contribution in [1.29, 1.82) is 0 Å². The van der Waals surface area contributed by atoms with Crippen molar-refractivity contribution in [3.8, 4) is 0 Å². The summed E-state index contributed by atoms with van der Waals surface area (Å²) in [5.74, 6) is 1.72. The maximum atomic E-state index is 12.0. The van der Waals surface area contributed by atoms with Gasteiger partial charge < -0.3 is 9.88 Å². The van der Waals surface area contributed by atoms with E-state index in [0.717, 1.165) is 29.3 Å². The van der Waals surface area contributed by atoms with Crippen LogP contribution in [0.3, 0.4) is 0 Å². The number of nitrogens with one attached hydrogen (secondary N) is 1. The molecule has 19 heavy (non-hydrogen) atoms. The van der Waals surface area contributed by atoms with Gasteiger partial charge in [0.1, 0.15) is 5.69 Å². The molecule has 0 aromatic carbocycles. The Balaban J connectivity index is 1.74. The molecule has 0 atom stereocenters. The molecule has 0 radical (unpaired) electrons. The van der Waals surface area contributed by atoms with Gasteiger partial charge in [-0.05, 0) is 40.3 Å². The van der Waals surface area contributed by atoms with Crippen LogP contribution in [0.15, 0.2) is 16.7 Å². The minimum Gasteiger partial charge on any atom is -0.351 e. The van der Waals surface area contributed by atoms with Crippen molar-refractivity contribution in [2.45, 2.75) is 39.0 Å². The summed E-state index contributed by atoms with van der Waals surface area (Å²) in [4.78, 5) is 12.0. The number of carbonyl (C=O) groups is 1. The van der Waals surface area contributed by atoms with Crippen LogP contribution in [0.2, 0.25) is 0 Å². The maximum absolute atomic E-state index is 12.0. The van der Waals surface area contributed by atoms with E-state index in [9.17, 15) is 4.79 Å². The second kappa shape index (κ2) is 6.60. The van der Waals surface area contributed by atoms with Gasteiger partial charge in [-0.15, -0.1) is 0 Å². The van der Waals surface area contributed by atoms with Crippen LogP contribution in [0.4, 0.5) is 0 Å². The van der Waals surface area contributed by atoms with Crippen molar-refractivity contribution in [1.82, 2.24) is 9.88 Å². The monoisotopic (exact) mass is 326 g/mol. The van der Waals surface area contributed by atoms with Crippen LogP contribution in [0.5, 0.6) is 0 Å². The first-order valence-corrected chi connectivity index (χ1v) is 7.95. The molecule has 2 rings (SSSR count). The van der Waals surface area contributed by atoms with E-state index in [2.05, 4.69) is 28.2 Å². The fourth-order valence-electron chi connectivity index (χ4n) is 2.85. The Morgan fingerprint density at radius 2 is 2.11 bits per heavy atom. The number of amides is 1. The van der Waals surface area contributed by atoms with Gasteiger partial charge in [-0.3, -0.25) is 4.79 Å². The van der Waals surface area contributed by atoms with Gasteiger partial charge in [0, 0.05) is 24.3 Å². The number of hydrogen-bond acceptors (Lipinski definition) is 1. The second-order valence-electron chi connectivity index (χ2n) is 5.82. The minimum absolute atomic E-state index is 0.0253. The fraction of sp³-hybridized carbons (Fsp3) is 0.667. The molecule has 0 spiro atoms. The molecule has 1 fully saturated rings. The van der Waals surface area contributed by atoms with Crippen molar-refractivity contribution < 1.29 is 4.79 Å². The van der Waals surface area contributed by atoms with Crippen LogP contribution in [-0.4, -0.2) is 17.0 Å². The average Bonchev–Trinajstić information content (AvgIpc) is 2.71. The first kappa shape index (κ1) is 14.6. The van der Waals surface area contributed by atoms with E-state index in [0.29, 0.717) is 5.69 Å². The highest BCUT2D eigenvalue weighted by Gasteiger charge is 2.18. The molecule has 0 saturated heterocycles. The minimum atomic E-state index is 0.0253. The van der Waals surface area contributed by atoms with Crippen molar-refractivity contribution in [2.24, 2.45) is 18.9 Å². The first-order valence-electron chi connectivity index (χ1n) is 7.16. The van der Waals surface area contributed by atoms with Crippen molar-refractivity contribution in [3.63, 3.8) is 0 Å². The number of rotatable bonds is 4. The van der Waals surface area contributed by atoms with Gasteiger partial charge in [-0.25, -0.2) is 0 Å². The van der Waals surface area contributed by atoms with Gasteiger partial charge >= 0.3 is 0 Å². The number of aryl methyl sites for hydroxylation is 1. The summed E-state index contributed by atoms with van der Waals surface area (Å²) < 4.78 is 2.79. The summed E-state index contributed by atoms with van der Waals surface area (Å²) >= 11 is 3.39. The third-order valence-corrected chi connectivity index (χ3v) is 4.61. The summed E-state index contributed by atoms with van der Waals surface area (Å²) in [6.45, 7) is 3.13. The lowest BCUT2D eigenvalue weighted by Crippen LogP contribution is -2.28. The number of nitrogens with zero attached hydrogens (tertiary/aromatic N) is 1. The van der Waals surface area contributed by atoms with Crippen LogP contribution < -0.4 is 5.32 Å². The molecule has 0 bridgehead atoms. The van der Waals surface area contributed by atoms with Crippen molar-refractivity contribution >= 4 is 21.8 Å². The lowest BCUT2D eigenvalue weighted by Gasteiger charge is -2.26. The fourth-order valence-corrected chi connectivity index (χ4v) is 3.37. The number of aromatic nitrogens is 1. The van der Waals surface area contributed by atoms with Gasteiger partial charge in [-0.2, -0.15) is 0 Å². The van der Waals surface area contributed by atoms with Crippen LogP contribution in [0.1, 0.15) is 49.5 Å². The molecule has 1 amide bonds. The first-order chi connectivity index (χ1) is 9.06. The number of carbonyl (C=O) groups excluding carboxylic acids is 1.